The van der Waals surface area contributed by atoms with Gasteiger partial charge < -0.3 is 5.32 Å². The highest BCUT2D eigenvalue weighted by Crippen LogP contribution is 2.20. The Morgan fingerprint density at radius 2 is 1.90 bits per heavy atom. The zero-order valence-electron chi connectivity index (χ0n) is 12.0. The maximum Gasteiger partial charge on any atom is 0.240 e. The van der Waals surface area contributed by atoms with Crippen molar-refractivity contribution in [3.8, 4) is 0 Å². The van der Waals surface area contributed by atoms with Gasteiger partial charge in [0.2, 0.25) is 10.0 Å². The Hall–Kier alpha value is -0.980. The fourth-order valence-corrected chi connectivity index (χ4v) is 4.04. The summed E-state index contributed by atoms with van der Waals surface area (Å²) in [5, 5.41) is 3.28. The fraction of sp³-hybridized carbons (Fsp3) is 0.571. The van der Waals surface area contributed by atoms with Crippen molar-refractivity contribution in [2.24, 2.45) is 0 Å². The lowest BCUT2D eigenvalue weighted by molar-refractivity contribution is 0.361. The summed E-state index contributed by atoms with van der Waals surface area (Å²) < 4.78 is 41.0. The molecular weight excluding hydrogens is 279 g/mol. The molecule has 2 N–H and O–H groups in total. The van der Waals surface area contributed by atoms with Crippen LogP contribution in [0.15, 0.2) is 17.0 Å². The molecule has 0 amide bonds. The normalized spacial score (nSPS) is 23.8. The van der Waals surface area contributed by atoms with Crippen molar-refractivity contribution < 1.29 is 12.8 Å². The van der Waals surface area contributed by atoms with E-state index in [-0.39, 0.29) is 16.8 Å². The molecule has 0 aromatic heterocycles. The van der Waals surface area contributed by atoms with Crippen molar-refractivity contribution >= 4 is 10.0 Å². The molecule has 0 spiro atoms. The number of hydrogen-bond donors (Lipinski definition) is 2. The van der Waals surface area contributed by atoms with Crippen LogP contribution in [0.25, 0.3) is 0 Å². The minimum Gasteiger partial charge on any atom is -0.314 e. The first-order valence-electron chi connectivity index (χ1n) is 6.82. The first-order chi connectivity index (χ1) is 9.29. The molecule has 4 nitrogen and oxygen atoms in total. The third-order valence-electron chi connectivity index (χ3n) is 3.67. The predicted octanol–water partition coefficient (Wildman–Crippen LogP) is 1.86. The van der Waals surface area contributed by atoms with E-state index in [0.717, 1.165) is 19.4 Å². The number of nitrogens with one attached hydrogen (secondary N) is 2. The average Bonchev–Trinajstić information content (AvgIpc) is 2.34. The largest absolute Gasteiger partial charge is 0.314 e. The lowest BCUT2D eigenvalue weighted by atomic mass is 10.0. The highest BCUT2D eigenvalue weighted by atomic mass is 32.2. The molecule has 20 heavy (non-hydrogen) atoms. The SMILES string of the molecule is Cc1cc(S(=O)(=O)NC2CCNC(C)C2)cc(C)c1F. The van der Waals surface area contributed by atoms with Crippen molar-refractivity contribution in [3.05, 3.63) is 29.1 Å². The molecule has 1 aliphatic rings. The Kier molecular flexibility index (Phi) is 4.46. The maximum atomic E-state index is 13.6. The Balaban J connectivity index is 2.22. The lowest BCUT2D eigenvalue weighted by Crippen LogP contribution is -2.46. The first kappa shape index (κ1) is 15.4. The number of sulfonamides is 1. The Morgan fingerprint density at radius 1 is 1.30 bits per heavy atom. The van der Waals surface area contributed by atoms with Gasteiger partial charge in [-0.2, -0.15) is 0 Å². The molecule has 2 unspecified atom stereocenters. The summed E-state index contributed by atoms with van der Waals surface area (Å²) in [6.45, 7) is 5.99. The molecule has 1 fully saturated rings. The van der Waals surface area contributed by atoms with Gasteiger partial charge >= 0.3 is 0 Å². The average molecular weight is 300 g/mol. The summed E-state index contributed by atoms with van der Waals surface area (Å²) in [6.07, 6.45) is 1.53. The van der Waals surface area contributed by atoms with Crippen LogP contribution in [0.4, 0.5) is 4.39 Å². The van der Waals surface area contributed by atoms with Crippen molar-refractivity contribution in [2.45, 2.75) is 50.6 Å². The Bertz CT molecular complexity index is 578. The number of benzene rings is 1. The molecule has 1 aromatic rings. The minimum absolute atomic E-state index is 0.0677. The van der Waals surface area contributed by atoms with Crippen LogP contribution >= 0.6 is 0 Å². The fourth-order valence-electron chi connectivity index (χ4n) is 2.59. The quantitative estimate of drug-likeness (QED) is 0.896. The summed E-state index contributed by atoms with van der Waals surface area (Å²) in [5.41, 5.74) is 0.702. The molecule has 1 heterocycles. The summed E-state index contributed by atoms with van der Waals surface area (Å²) in [6, 6.07) is 3.00. The number of rotatable bonds is 3. The van der Waals surface area contributed by atoms with Gasteiger partial charge in [0.15, 0.2) is 0 Å². The second-order valence-corrected chi connectivity index (χ2v) is 7.28. The number of aryl methyl sites for hydroxylation is 2. The van der Waals surface area contributed by atoms with Gasteiger partial charge in [0.25, 0.3) is 0 Å². The number of piperidine rings is 1. The van der Waals surface area contributed by atoms with E-state index < -0.39 is 10.0 Å². The monoisotopic (exact) mass is 300 g/mol. The van der Waals surface area contributed by atoms with E-state index >= 15 is 0 Å². The molecular formula is C14H21FN2O2S. The van der Waals surface area contributed by atoms with E-state index in [1.54, 1.807) is 13.8 Å². The summed E-state index contributed by atoms with van der Waals surface area (Å²) in [4.78, 5) is 0.139. The molecule has 0 aliphatic carbocycles. The highest BCUT2D eigenvalue weighted by Gasteiger charge is 2.25. The molecule has 0 saturated carbocycles. The maximum absolute atomic E-state index is 13.6. The summed E-state index contributed by atoms with van der Waals surface area (Å²) in [5.74, 6) is -0.348. The van der Waals surface area contributed by atoms with Gasteiger partial charge in [-0.1, -0.05) is 0 Å². The number of hydrogen-bond acceptors (Lipinski definition) is 3. The molecule has 0 bridgehead atoms. The van der Waals surface area contributed by atoms with Crippen LogP contribution in [-0.4, -0.2) is 27.0 Å². The van der Waals surface area contributed by atoms with Crippen LogP contribution in [0.5, 0.6) is 0 Å². The summed E-state index contributed by atoms with van der Waals surface area (Å²) >= 11 is 0. The van der Waals surface area contributed by atoms with Gasteiger partial charge in [0.1, 0.15) is 5.82 Å². The van der Waals surface area contributed by atoms with E-state index in [1.807, 2.05) is 6.92 Å². The predicted molar refractivity (Wildman–Crippen MR) is 76.7 cm³/mol. The molecule has 2 atom stereocenters. The third kappa shape index (κ3) is 3.37. The molecule has 1 aliphatic heterocycles. The molecule has 112 valence electrons. The molecule has 2 rings (SSSR count). The van der Waals surface area contributed by atoms with Gasteiger partial charge in [0.05, 0.1) is 4.90 Å². The van der Waals surface area contributed by atoms with Crippen LogP contribution < -0.4 is 10.0 Å². The number of halogens is 1. The van der Waals surface area contributed by atoms with E-state index in [0.29, 0.717) is 17.2 Å². The van der Waals surface area contributed by atoms with E-state index in [2.05, 4.69) is 10.0 Å². The van der Waals surface area contributed by atoms with Gasteiger partial charge in [0, 0.05) is 12.1 Å². The minimum atomic E-state index is -3.59. The summed E-state index contributed by atoms with van der Waals surface area (Å²) in [7, 11) is -3.59. The second kappa shape index (κ2) is 5.79. The van der Waals surface area contributed by atoms with Gasteiger partial charge in [-0.25, -0.2) is 17.5 Å². The third-order valence-corrected chi connectivity index (χ3v) is 5.17. The second-order valence-electron chi connectivity index (χ2n) is 5.57. The molecule has 1 saturated heterocycles. The Labute approximate surface area is 119 Å². The molecule has 0 radical (unpaired) electrons. The van der Waals surface area contributed by atoms with Crippen molar-refractivity contribution in [1.29, 1.82) is 0 Å². The highest BCUT2D eigenvalue weighted by molar-refractivity contribution is 7.89. The van der Waals surface area contributed by atoms with E-state index in [1.165, 1.54) is 12.1 Å². The zero-order valence-corrected chi connectivity index (χ0v) is 12.8. The van der Waals surface area contributed by atoms with Crippen LogP contribution in [0.1, 0.15) is 30.9 Å². The lowest BCUT2D eigenvalue weighted by Gasteiger charge is -2.28. The van der Waals surface area contributed by atoms with E-state index in [9.17, 15) is 12.8 Å². The van der Waals surface area contributed by atoms with Crippen LogP contribution in [0.2, 0.25) is 0 Å². The van der Waals surface area contributed by atoms with Crippen LogP contribution in [0, 0.1) is 19.7 Å². The topological polar surface area (TPSA) is 58.2 Å². The first-order valence-corrected chi connectivity index (χ1v) is 8.30. The Morgan fingerprint density at radius 3 is 2.45 bits per heavy atom. The smallest absolute Gasteiger partial charge is 0.240 e. The standard InChI is InChI=1S/C14H21FN2O2S/c1-9-6-13(7-10(2)14(9)15)20(18,19)17-12-4-5-16-11(3)8-12/h6-7,11-12,16-17H,4-5,8H2,1-3H3. The van der Waals surface area contributed by atoms with Crippen molar-refractivity contribution in [3.63, 3.8) is 0 Å². The van der Waals surface area contributed by atoms with Crippen molar-refractivity contribution in [1.82, 2.24) is 10.0 Å². The molecule has 6 heteroatoms. The van der Waals surface area contributed by atoms with Crippen LogP contribution in [0.3, 0.4) is 0 Å². The van der Waals surface area contributed by atoms with Gasteiger partial charge in [-0.05, 0) is 63.4 Å². The van der Waals surface area contributed by atoms with E-state index in [4.69, 9.17) is 0 Å². The molecule has 1 aromatic carbocycles. The van der Waals surface area contributed by atoms with Crippen LogP contribution in [-0.2, 0) is 10.0 Å². The zero-order chi connectivity index (χ0) is 14.9. The van der Waals surface area contributed by atoms with Crippen molar-refractivity contribution in [2.75, 3.05) is 6.54 Å². The van der Waals surface area contributed by atoms with Gasteiger partial charge in [-0.15, -0.1) is 0 Å². The van der Waals surface area contributed by atoms with Gasteiger partial charge in [-0.3, -0.25) is 0 Å².